The van der Waals surface area contributed by atoms with Gasteiger partial charge in [0.1, 0.15) is 23.4 Å². The van der Waals surface area contributed by atoms with Crippen LogP contribution in [-0.4, -0.2) is 188 Å². The average molecular weight is 987 g/mol. The first-order valence-corrected chi connectivity index (χ1v) is 23.5. The number of benzene rings is 3. The number of hydrogen-bond acceptors (Lipinski definition) is 14. The Balaban J connectivity index is 0.651. The van der Waals surface area contributed by atoms with Gasteiger partial charge in [-0.25, -0.2) is 8.78 Å². The van der Waals surface area contributed by atoms with E-state index in [0.29, 0.717) is 126 Å². The largest absolute Gasteiger partial charge is 0.382 e. The number of likely N-dealkylation sites (N-methyl/N-ethyl adjacent to an activating group) is 1. The average Bonchev–Trinajstić information content (AvgIpc) is 4.01. The molecule has 0 bridgehead atoms. The minimum absolute atomic E-state index is 0.0519. The fourth-order valence-electron chi connectivity index (χ4n) is 9.04. The fraction of sp³-hybridized carbons (Fsp3) is 0.449. The molecule has 4 aromatic rings. The second-order valence-corrected chi connectivity index (χ2v) is 17.5. The molecule has 4 aliphatic heterocycles. The van der Waals surface area contributed by atoms with Crippen molar-refractivity contribution in [3.63, 3.8) is 0 Å². The van der Waals surface area contributed by atoms with Crippen molar-refractivity contribution in [2.45, 2.75) is 37.5 Å². The normalized spacial score (nSPS) is 19.7. The smallest absolute Gasteiger partial charge is 0.270 e. The van der Waals surface area contributed by atoms with E-state index >= 15 is 0 Å². The van der Waals surface area contributed by atoms with Gasteiger partial charge < -0.3 is 49.5 Å². The first-order valence-electron chi connectivity index (χ1n) is 23.5. The van der Waals surface area contributed by atoms with Crippen LogP contribution in [0.15, 0.2) is 60.7 Å². The molecule has 378 valence electrons. The number of hydrogen-bond donors (Lipinski definition) is 4. The highest BCUT2D eigenvalue weighted by Crippen LogP contribution is 2.34. The van der Waals surface area contributed by atoms with E-state index in [0.717, 1.165) is 21.9 Å². The van der Waals surface area contributed by atoms with Gasteiger partial charge in [-0.05, 0) is 60.5 Å². The lowest BCUT2D eigenvalue weighted by atomic mass is 10.0. The van der Waals surface area contributed by atoms with Gasteiger partial charge in [-0.3, -0.25) is 48.3 Å². The molecule has 2 atom stereocenters. The SMILES string of the molecule is CN1C(=O)CCC(N2C(=O)c3cccc(NCCOCCOCCOCCOCCN4CCN(C(=O)c5cc6cc(N7CC[C@](O)(C(=O)NCc8cc(F)cc(F)c8)C7=O)ccc6[nH]5)CC4)c3C2=O)C1=O. The van der Waals surface area contributed by atoms with Gasteiger partial charge >= 0.3 is 0 Å². The summed E-state index contributed by atoms with van der Waals surface area (Å²) in [5.41, 5.74) is 0.140. The van der Waals surface area contributed by atoms with Crippen LogP contribution in [-0.2, 0) is 44.7 Å². The van der Waals surface area contributed by atoms with Crippen molar-refractivity contribution in [3.8, 4) is 0 Å². The molecule has 1 unspecified atom stereocenters. The zero-order chi connectivity index (χ0) is 50.2. The molecular formula is C49H56F2N8O12. The zero-order valence-corrected chi connectivity index (χ0v) is 39.2. The van der Waals surface area contributed by atoms with Crippen LogP contribution in [0.4, 0.5) is 20.2 Å². The summed E-state index contributed by atoms with van der Waals surface area (Å²) in [6.07, 6.45) is -0.0221. The molecule has 8 rings (SSSR count). The number of carbonyl (C=O) groups excluding carboxylic acids is 7. The number of rotatable bonds is 22. The fourth-order valence-corrected chi connectivity index (χ4v) is 9.04. The van der Waals surface area contributed by atoms with Gasteiger partial charge in [0, 0.05) is 101 Å². The topological polar surface area (TPSA) is 233 Å². The summed E-state index contributed by atoms with van der Waals surface area (Å²) in [5.74, 6) is -5.63. The highest BCUT2D eigenvalue weighted by atomic mass is 19.1. The van der Waals surface area contributed by atoms with Crippen LogP contribution in [0.5, 0.6) is 0 Å². The van der Waals surface area contributed by atoms with Gasteiger partial charge in [0.25, 0.3) is 35.4 Å². The van der Waals surface area contributed by atoms with Crippen molar-refractivity contribution in [2.24, 2.45) is 0 Å². The van der Waals surface area contributed by atoms with Gasteiger partial charge in [0.15, 0.2) is 0 Å². The summed E-state index contributed by atoms with van der Waals surface area (Å²) < 4.78 is 49.7. The first kappa shape index (κ1) is 50.7. The number of anilines is 2. The van der Waals surface area contributed by atoms with Crippen molar-refractivity contribution in [1.82, 2.24) is 29.9 Å². The molecule has 0 saturated carbocycles. The van der Waals surface area contributed by atoms with Gasteiger partial charge in [-0.1, -0.05) is 6.07 Å². The predicted octanol–water partition coefficient (Wildman–Crippen LogP) is 1.91. The third kappa shape index (κ3) is 11.4. The van der Waals surface area contributed by atoms with Crippen molar-refractivity contribution >= 4 is 63.6 Å². The molecule has 4 aliphatic rings. The summed E-state index contributed by atoms with van der Waals surface area (Å²) in [4.78, 5) is 101. The first-order chi connectivity index (χ1) is 34.2. The Kier molecular flexibility index (Phi) is 16.1. The highest BCUT2D eigenvalue weighted by molar-refractivity contribution is 6.25. The lowest BCUT2D eigenvalue weighted by molar-refractivity contribution is -0.150. The summed E-state index contributed by atoms with van der Waals surface area (Å²) in [6, 6.07) is 13.5. The van der Waals surface area contributed by atoms with E-state index in [2.05, 4.69) is 20.5 Å². The molecule has 20 nitrogen and oxygen atoms in total. The Morgan fingerprint density at radius 2 is 1.48 bits per heavy atom. The molecule has 7 amide bonds. The monoisotopic (exact) mass is 986 g/mol. The number of likely N-dealkylation sites (tertiary alicyclic amines) is 1. The summed E-state index contributed by atoms with van der Waals surface area (Å²) >= 11 is 0. The number of imide groups is 2. The maximum absolute atomic E-state index is 13.6. The Labute approximate surface area is 407 Å². The van der Waals surface area contributed by atoms with E-state index in [1.165, 1.54) is 11.9 Å². The van der Waals surface area contributed by atoms with Crippen LogP contribution in [0.2, 0.25) is 0 Å². The van der Waals surface area contributed by atoms with Gasteiger partial charge in [0.05, 0.1) is 64.0 Å². The third-order valence-corrected chi connectivity index (χ3v) is 13.0. The molecule has 22 heteroatoms. The number of aromatic amines is 1. The molecule has 3 saturated heterocycles. The van der Waals surface area contributed by atoms with Crippen molar-refractivity contribution in [1.29, 1.82) is 0 Å². The van der Waals surface area contributed by atoms with Crippen LogP contribution in [0, 0.1) is 11.6 Å². The minimum Gasteiger partial charge on any atom is -0.382 e. The number of piperidine rings is 1. The van der Waals surface area contributed by atoms with E-state index in [4.69, 9.17) is 18.9 Å². The highest BCUT2D eigenvalue weighted by Gasteiger charge is 2.52. The number of nitrogens with zero attached hydrogens (tertiary/aromatic N) is 5. The number of amides is 7. The van der Waals surface area contributed by atoms with Crippen LogP contribution < -0.4 is 15.5 Å². The van der Waals surface area contributed by atoms with E-state index in [1.807, 2.05) is 0 Å². The number of aromatic nitrogens is 1. The molecule has 0 spiro atoms. The number of fused-ring (bicyclic) bond motifs is 2. The Morgan fingerprint density at radius 3 is 2.18 bits per heavy atom. The molecule has 5 heterocycles. The summed E-state index contributed by atoms with van der Waals surface area (Å²) in [6.45, 7) is 6.30. The maximum atomic E-state index is 13.6. The van der Waals surface area contributed by atoms with Crippen LogP contribution >= 0.6 is 0 Å². The van der Waals surface area contributed by atoms with Crippen molar-refractivity contribution < 1.29 is 66.4 Å². The second-order valence-electron chi connectivity index (χ2n) is 17.5. The lowest BCUT2D eigenvalue weighted by Crippen LogP contribution is -2.54. The summed E-state index contributed by atoms with van der Waals surface area (Å²) in [5, 5.41) is 17.3. The number of ether oxygens (including phenoxy) is 4. The quantitative estimate of drug-likeness (QED) is 0.0501. The molecular weight excluding hydrogens is 931 g/mol. The van der Waals surface area contributed by atoms with E-state index in [1.54, 1.807) is 47.4 Å². The number of H-pyrrole nitrogens is 1. The molecule has 3 aromatic carbocycles. The molecule has 4 N–H and O–H groups in total. The Hall–Kier alpha value is -6.69. The van der Waals surface area contributed by atoms with Crippen LogP contribution in [0.25, 0.3) is 10.9 Å². The Morgan fingerprint density at radius 1 is 0.803 bits per heavy atom. The van der Waals surface area contributed by atoms with Crippen molar-refractivity contribution in [2.75, 3.05) is 116 Å². The van der Waals surface area contributed by atoms with Gasteiger partial charge in [-0.15, -0.1) is 0 Å². The van der Waals surface area contributed by atoms with E-state index < -0.39 is 52.8 Å². The number of aliphatic hydroxyl groups is 1. The van der Waals surface area contributed by atoms with Gasteiger partial charge in [0.2, 0.25) is 11.5 Å². The Bertz CT molecular complexity index is 2660. The molecule has 3 fully saturated rings. The van der Waals surface area contributed by atoms with E-state index in [9.17, 15) is 47.4 Å². The summed E-state index contributed by atoms with van der Waals surface area (Å²) in [7, 11) is 1.35. The van der Waals surface area contributed by atoms with Crippen LogP contribution in [0.1, 0.15) is 56.0 Å². The number of piperazine rings is 1. The number of nitrogens with one attached hydrogen (secondary N) is 3. The molecule has 1 aromatic heterocycles. The standard InChI is InChI=1S/C49H56F2N8O12/c1-55-41(60)8-7-40(45(55)63)59-43(61)36-3-2-4-38(42(36)46(59)64)52-10-17-68-19-21-70-23-24-71-22-20-69-18-16-56-12-14-57(15-13-56)44(62)39-28-32-27-35(5-6-37(32)54-39)58-11-9-49(67,48(58)66)47(65)53-30-31-25-33(50)29-34(51)26-31/h2-6,25-29,40,52,54,67H,7-24,30H2,1H3,(H,53,65)/t40?,49-/m0/s1. The lowest BCUT2D eigenvalue weighted by Gasteiger charge is -2.34. The molecule has 0 radical (unpaired) electrons. The number of carbonyl (C=O) groups is 7. The van der Waals surface area contributed by atoms with Crippen molar-refractivity contribution in [3.05, 3.63) is 94.7 Å². The predicted molar refractivity (Wildman–Crippen MR) is 250 cm³/mol. The third-order valence-electron chi connectivity index (χ3n) is 13.0. The molecule has 0 aliphatic carbocycles. The number of halogens is 2. The maximum Gasteiger partial charge on any atom is 0.270 e. The van der Waals surface area contributed by atoms with E-state index in [-0.39, 0.29) is 60.9 Å². The zero-order valence-electron chi connectivity index (χ0n) is 39.2. The van der Waals surface area contributed by atoms with Crippen LogP contribution in [0.3, 0.4) is 0 Å². The van der Waals surface area contributed by atoms with Gasteiger partial charge in [-0.2, -0.15) is 0 Å². The molecule has 71 heavy (non-hydrogen) atoms. The second kappa shape index (κ2) is 22.6. The minimum atomic E-state index is -2.36.